The molecule has 0 bridgehead atoms. The van der Waals surface area contributed by atoms with Crippen LogP contribution < -0.4 is 9.64 Å². The number of carbonyl (C=O) groups excluding carboxylic acids is 1. The Labute approximate surface area is 162 Å². The highest BCUT2D eigenvalue weighted by molar-refractivity contribution is 9.10. The van der Waals surface area contributed by atoms with Crippen molar-refractivity contribution in [2.45, 2.75) is 32.0 Å². The molecule has 2 aromatic carbocycles. The van der Waals surface area contributed by atoms with Crippen molar-refractivity contribution in [3.8, 4) is 5.75 Å². The first-order chi connectivity index (χ1) is 12.3. The van der Waals surface area contributed by atoms with Gasteiger partial charge in [-0.3, -0.25) is 4.90 Å². The quantitative estimate of drug-likeness (QED) is 0.796. The Bertz CT molecular complexity index is 786. The molecule has 138 valence electrons. The van der Waals surface area contributed by atoms with Gasteiger partial charge >= 0.3 is 6.03 Å². The number of hydrogen-bond donors (Lipinski definition) is 1. The fraction of sp³-hybridized carbons (Fsp3) is 0.350. The lowest BCUT2D eigenvalue weighted by Crippen LogP contribution is -2.47. The third-order valence-electron chi connectivity index (χ3n) is 4.65. The van der Waals surface area contributed by atoms with Crippen molar-refractivity contribution in [1.29, 1.82) is 0 Å². The molecular formula is C20H23BrN2O3. The van der Waals surface area contributed by atoms with E-state index in [0.29, 0.717) is 13.1 Å². The Morgan fingerprint density at radius 2 is 1.92 bits per heavy atom. The van der Waals surface area contributed by atoms with Gasteiger partial charge in [0.25, 0.3) is 0 Å². The van der Waals surface area contributed by atoms with E-state index in [2.05, 4.69) is 15.9 Å². The number of rotatable bonds is 5. The molecule has 1 unspecified atom stereocenters. The Morgan fingerprint density at radius 3 is 2.54 bits per heavy atom. The first-order valence-corrected chi connectivity index (χ1v) is 9.28. The van der Waals surface area contributed by atoms with Gasteiger partial charge in [-0.2, -0.15) is 0 Å². The van der Waals surface area contributed by atoms with Crippen LogP contribution in [0.4, 0.5) is 10.5 Å². The largest absolute Gasteiger partial charge is 0.497 e. The molecule has 0 radical (unpaired) electrons. The van der Waals surface area contributed by atoms with Crippen LogP contribution in [0.1, 0.15) is 19.4 Å². The van der Waals surface area contributed by atoms with Crippen LogP contribution in [0.5, 0.6) is 5.75 Å². The molecule has 0 saturated carbocycles. The van der Waals surface area contributed by atoms with Crippen LogP contribution in [0.15, 0.2) is 53.0 Å². The van der Waals surface area contributed by atoms with Gasteiger partial charge in [0.15, 0.2) is 0 Å². The highest BCUT2D eigenvalue weighted by atomic mass is 79.9. The van der Waals surface area contributed by atoms with Gasteiger partial charge in [0.1, 0.15) is 5.75 Å². The summed E-state index contributed by atoms with van der Waals surface area (Å²) in [5.41, 5.74) is 0.767. The lowest BCUT2D eigenvalue weighted by Gasteiger charge is -2.32. The van der Waals surface area contributed by atoms with E-state index in [9.17, 15) is 9.90 Å². The number of aliphatic hydroxyl groups is 1. The fourth-order valence-electron chi connectivity index (χ4n) is 3.22. The van der Waals surface area contributed by atoms with Gasteiger partial charge in [0, 0.05) is 16.7 Å². The van der Waals surface area contributed by atoms with Crippen LogP contribution in [-0.2, 0) is 6.54 Å². The van der Waals surface area contributed by atoms with Crippen molar-refractivity contribution >= 4 is 27.6 Å². The number of anilines is 1. The summed E-state index contributed by atoms with van der Waals surface area (Å²) in [5, 5.41) is 10.6. The summed E-state index contributed by atoms with van der Waals surface area (Å²) in [6.07, 6.45) is 0. The minimum Gasteiger partial charge on any atom is -0.497 e. The van der Waals surface area contributed by atoms with E-state index in [1.807, 2.05) is 48.5 Å². The van der Waals surface area contributed by atoms with Gasteiger partial charge in [-0.25, -0.2) is 4.79 Å². The summed E-state index contributed by atoms with van der Waals surface area (Å²) < 4.78 is 6.23. The Balaban J connectivity index is 1.90. The number of carbonyl (C=O) groups is 1. The summed E-state index contributed by atoms with van der Waals surface area (Å²) in [6, 6.07) is 14.8. The number of urea groups is 1. The highest BCUT2D eigenvalue weighted by Crippen LogP contribution is 2.31. The first-order valence-electron chi connectivity index (χ1n) is 8.48. The predicted octanol–water partition coefficient (Wildman–Crippen LogP) is 4.04. The zero-order valence-corrected chi connectivity index (χ0v) is 16.7. The van der Waals surface area contributed by atoms with Crippen molar-refractivity contribution in [1.82, 2.24) is 4.90 Å². The minimum absolute atomic E-state index is 0.109. The molecule has 0 aromatic heterocycles. The number of halogens is 1. The zero-order valence-electron chi connectivity index (χ0n) is 15.1. The molecular weight excluding hydrogens is 396 g/mol. The fourth-order valence-corrected chi connectivity index (χ4v) is 3.49. The molecule has 1 atom stereocenters. The zero-order chi connectivity index (χ0) is 18.9. The lowest BCUT2D eigenvalue weighted by atomic mass is 9.98. The van der Waals surface area contributed by atoms with E-state index in [1.54, 1.807) is 30.8 Å². The molecule has 1 fully saturated rings. The molecule has 2 aromatic rings. The third kappa shape index (κ3) is 3.86. The number of amides is 2. The third-order valence-corrected chi connectivity index (χ3v) is 5.18. The first kappa shape index (κ1) is 18.7. The molecule has 1 heterocycles. The standard InChI is InChI=1S/C20H23BrN2O3/c1-20(2,25)18-13-22(16-9-7-15(21)8-10-16)19(24)23(18)12-14-5-4-6-17(11-14)26-3/h4-11,18,25H,12-13H2,1-3H3. The van der Waals surface area contributed by atoms with Crippen molar-refractivity contribution in [2.24, 2.45) is 0 Å². The molecule has 26 heavy (non-hydrogen) atoms. The maximum Gasteiger partial charge on any atom is 0.325 e. The lowest BCUT2D eigenvalue weighted by molar-refractivity contribution is 0.00920. The molecule has 0 aliphatic carbocycles. The average Bonchev–Trinajstić information content (AvgIpc) is 2.93. The van der Waals surface area contributed by atoms with Crippen LogP contribution >= 0.6 is 15.9 Å². The Morgan fingerprint density at radius 1 is 1.23 bits per heavy atom. The number of methoxy groups -OCH3 is 1. The molecule has 3 rings (SSSR count). The van der Waals surface area contributed by atoms with Gasteiger partial charge in [0.05, 0.1) is 25.3 Å². The number of hydrogen-bond acceptors (Lipinski definition) is 3. The van der Waals surface area contributed by atoms with Gasteiger partial charge in [-0.1, -0.05) is 28.1 Å². The summed E-state index contributed by atoms with van der Waals surface area (Å²) >= 11 is 3.42. The van der Waals surface area contributed by atoms with Crippen molar-refractivity contribution < 1.29 is 14.6 Å². The second-order valence-corrected chi connectivity index (χ2v) is 7.93. The minimum atomic E-state index is -1.02. The van der Waals surface area contributed by atoms with Crippen LogP contribution in [0, 0.1) is 0 Å². The predicted molar refractivity (Wildman–Crippen MR) is 106 cm³/mol. The highest BCUT2D eigenvalue weighted by Gasteiger charge is 2.45. The van der Waals surface area contributed by atoms with Crippen molar-refractivity contribution in [2.75, 3.05) is 18.6 Å². The molecule has 0 spiro atoms. The number of benzene rings is 2. The smallest absolute Gasteiger partial charge is 0.325 e. The molecule has 1 aliphatic rings. The molecule has 1 N–H and O–H groups in total. The SMILES string of the molecule is COc1cccc(CN2C(=O)N(c3ccc(Br)cc3)CC2C(C)(C)O)c1. The van der Waals surface area contributed by atoms with Gasteiger partial charge in [-0.15, -0.1) is 0 Å². The molecule has 2 amide bonds. The maximum atomic E-state index is 13.1. The van der Waals surface area contributed by atoms with Crippen LogP contribution in [0.25, 0.3) is 0 Å². The van der Waals surface area contributed by atoms with Crippen LogP contribution in [0.3, 0.4) is 0 Å². The Kier molecular flexibility index (Phi) is 5.25. The second-order valence-electron chi connectivity index (χ2n) is 7.02. The van der Waals surface area contributed by atoms with Crippen LogP contribution in [-0.4, -0.2) is 41.3 Å². The van der Waals surface area contributed by atoms with E-state index in [-0.39, 0.29) is 12.1 Å². The van der Waals surface area contributed by atoms with Crippen LogP contribution in [0.2, 0.25) is 0 Å². The van der Waals surface area contributed by atoms with Gasteiger partial charge < -0.3 is 14.7 Å². The number of nitrogens with zero attached hydrogens (tertiary/aromatic N) is 2. The summed E-state index contributed by atoms with van der Waals surface area (Å²) in [7, 11) is 1.62. The topological polar surface area (TPSA) is 53.0 Å². The average molecular weight is 419 g/mol. The van der Waals surface area contributed by atoms with E-state index in [4.69, 9.17) is 4.74 Å². The van der Waals surface area contributed by atoms with Crippen molar-refractivity contribution in [3.63, 3.8) is 0 Å². The Hall–Kier alpha value is -2.05. The van der Waals surface area contributed by atoms with E-state index >= 15 is 0 Å². The number of ether oxygens (including phenoxy) is 1. The maximum absolute atomic E-state index is 13.1. The summed E-state index contributed by atoms with van der Waals surface area (Å²) in [6.45, 7) is 4.34. The summed E-state index contributed by atoms with van der Waals surface area (Å²) in [4.78, 5) is 16.6. The monoisotopic (exact) mass is 418 g/mol. The summed E-state index contributed by atoms with van der Waals surface area (Å²) in [5.74, 6) is 0.749. The molecule has 6 heteroatoms. The van der Waals surface area contributed by atoms with Gasteiger partial charge in [0.2, 0.25) is 0 Å². The molecule has 5 nitrogen and oxygen atoms in total. The molecule has 1 saturated heterocycles. The second kappa shape index (κ2) is 7.29. The van der Waals surface area contributed by atoms with E-state index in [1.165, 1.54) is 0 Å². The molecule has 1 aliphatic heterocycles. The van der Waals surface area contributed by atoms with E-state index < -0.39 is 5.60 Å². The normalized spacial score (nSPS) is 17.7. The van der Waals surface area contributed by atoms with E-state index in [0.717, 1.165) is 21.5 Å². The van der Waals surface area contributed by atoms with Crippen molar-refractivity contribution in [3.05, 3.63) is 58.6 Å². The van der Waals surface area contributed by atoms with Gasteiger partial charge in [-0.05, 0) is 55.8 Å².